The number of fused-ring (bicyclic) bond motifs is 1. The number of rotatable bonds is 7. The number of ether oxygens (including phenoxy) is 2. The Kier molecular flexibility index (Phi) is 6.83. The van der Waals surface area contributed by atoms with Gasteiger partial charge in [0.1, 0.15) is 5.37 Å². The van der Waals surface area contributed by atoms with Crippen molar-refractivity contribution in [3.63, 3.8) is 0 Å². The number of nitrogens with zero attached hydrogens (tertiary/aromatic N) is 1. The Labute approximate surface area is 145 Å². The second-order valence-electron chi connectivity index (χ2n) is 5.19. The first-order valence-electron chi connectivity index (χ1n) is 7.42. The van der Waals surface area contributed by atoms with Crippen LogP contribution in [-0.4, -0.2) is 54.7 Å². The first kappa shape index (κ1) is 18.2. The second kappa shape index (κ2) is 8.63. The lowest BCUT2D eigenvalue weighted by Gasteiger charge is -2.24. The molecular weight excluding hydrogens is 340 g/mol. The summed E-state index contributed by atoms with van der Waals surface area (Å²) < 4.78 is 10.7. The lowest BCUT2D eigenvalue weighted by Crippen LogP contribution is -2.31. The van der Waals surface area contributed by atoms with E-state index in [4.69, 9.17) is 14.6 Å². The lowest BCUT2D eigenvalue weighted by molar-refractivity contribution is -0.128. The molecule has 0 aliphatic carbocycles. The number of carbonyl (C=O) groups excluding carboxylic acids is 1. The summed E-state index contributed by atoms with van der Waals surface area (Å²) in [7, 11) is 0. The van der Waals surface area contributed by atoms with Gasteiger partial charge >= 0.3 is 0 Å². The van der Waals surface area contributed by atoms with Crippen LogP contribution in [0, 0.1) is 0 Å². The van der Waals surface area contributed by atoms with Crippen LogP contribution in [0.2, 0.25) is 0 Å². The van der Waals surface area contributed by atoms with Crippen LogP contribution in [0.25, 0.3) is 0 Å². The van der Waals surface area contributed by atoms with Gasteiger partial charge in [0.05, 0.1) is 12.4 Å². The number of amides is 1. The highest BCUT2D eigenvalue weighted by molar-refractivity contribution is 8.00. The molecule has 1 atom stereocenters. The molecule has 2 aliphatic heterocycles. The fourth-order valence-electron chi connectivity index (χ4n) is 2.62. The SMILES string of the molecule is Cl.O=C1CSC(c2ccc3c(c2)OCO3)N1CCCNCCO. The molecule has 6 nitrogen and oxygen atoms in total. The van der Waals surface area contributed by atoms with Gasteiger partial charge in [-0.3, -0.25) is 4.79 Å². The van der Waals surface area contributed by atoms with Crippen molar-refractivity contribution in [3.8, 4) is 11.5 Å². The van der Waals surface area contributed by atoms with E-state index in [-0.39, 0.29) is 37.1 Å². The van der Waals surface area contributed by atoms with Crippen molar-refractivity contribution in [2.45, 2.75) is 11.8 Å². The summed E-state index contributed by atoms with van der Waals surface area (Å²) in [5.74, 6) is 2.21. The summed E-state index contributed by atoms with van der Waals surface area (Å²) in [6.07, 6.45) is 0.868. The molecule has 2 heterocycles. The fourth-order valence-corrected chi connectivity index (χ4v) is 3.83. The standard InChI is InChI=1S/C15H20N2O4S.ClH/c18-7-5-16-4-1-6-17-14(19)9-22-15(17)11-2-3-12-13(8-11)21-10-20-12;/h2-3,8,15-16,18H,1,4-7,9-10H2;1H. The maximum Gasteiger partial charge on any atom is 0.233 e. The van der Waals surface area contributed by atoms with E-state index >= 15 is 0 Å². The minimum atomic E-state index is 0. The van der Waals surface area contributed by atoms with Crippen LogP contribution < -0.4 is 14.8 Å². The topological polar surface area (TPSA) is 71.0 Å². The Morgan fingerprint density at radius 1 is 1.30 bits per heavy atom. The Morgan fingerprint density at radius 2 is 2.13 bits per heavy atom. The van der Waals surface area contributed by atoms with Crippen LogP contribution in [0.4, 0.5) is 0 Å². The largest absolute Gasteiger partial charge is 0.454 e. The Bertz CT molecular complexity index is 546. The molecule has 23 heavy (non-hydrogen) atoms. The van der Waals surface area contributed by atoms with Crippen molar-refractivity contribution in [3.05, 3.63) is 23.8 Å². The fraction of sp³-hybridized carbons (Fsp3) is 0.533. The van der Waals surface area contributed by atoms with Crippen LogP contribution in [0.1, 0.15) is 17.4 Å². The van der Waals surface area contributed by atoms with Gasteiger partial charge in [0.2, 0.25) is 12.7 Å². The van der Waals surface area contributed by atoms with Gasteiger partial charge in [-0.05, 0) is 30.7 Å². The van der Waals surface area contributed by atoms with Crippen LogP contribution in [-0.2, 0) is 4.79 Å². The lowest BCUT2D eigenvalue weighted by atomic mass is 10.1. The van der Waals surface area contributed by atoms with E-state index in [9.17, 15) is 4.79 Å². The Balaban J connectivity index is 0.00000192. The molecule has 0 spiro atoms. The van der Waals surface area contributed by atoms with Crippen LogP contribution in [0.15, 0.2) is 18.2 Å². The molecule has 1 aromatic rings. The molecule has 1 aromatic carbocycles. The third-order valence-corrected chi connectivity index (χ3v) is 4.95. The minimum Gasteiger partial charge on any atom is -0.454 e. The van der Waals surface area contributed by atoms with Crippen molar-refractivity contribution in [2.75, 3.05) is 38.8 Å². The van der Waals surface area contributed by atoms with E-state index in [1.165, 1.54) is 0 Å². The number of halogens is 1. The molecule has 3 rings (SSSR count). The predicted molar refractivity (Wildman–Crippen MR) is 91.3 cm³/mol. The molecule has 2 aliphatic rings. The minimum absolute atomic E-state index is 0. The van der Waals surface area contributed by atoms with Crippen LogP contribution in [0.3, 0.4) is 0 Å². The van der Waals surface area contributed by atoms with Gasteiger partial charge < -0.3 is 24.8 Å². The van der Waals surface area contributed by atoms with Crippen molar-refractivity contribution >= 4 is 30.1 Å². The summed E-state index contributed by atoms with van der Waals surface area (Å²) in [6, 6.07) is 5.87. The summed E-state index contributed by atoms with van der Waals surface area (Å²) in [6.45, 7) is 2.49. The summed E-state index contributed by atoms with van der Waals surface area (Å²) >= 11 is 1.65. The molecule has 1 saturated heterocycles. The highest BCUT2D eigenvalue weighted by atomic mass is 35.5. The van der Waals surface area contributed by atoms with Crippen LogP contribution >= 0.6 is 24.2 Å². The number of aliphatic hydroxyl groups excluding tert-OH is 1. The van der Waals surface area contributed by atoms with E-state index in [1.54, 1.807) is 11.8 Å². The first-order chi connectivity index (χ1) is 10.8. The normalized spacial score (nSPS) is 19.1. The molecule has 1 unspecified atom stereocenters. The Hall–Kier alpha value is -1.15. The number of aliphatic hydroxyl groups is 1. The van der Waals surface area contributed by atoms with E-state index < -0.39 is 0 Å². The van der Waals surface area contributed by atoms with Crippen molar-refractivity contribution in [1.82, 2.24) is 10.2 Å². The molecule has 8 heteroatoms. The van der Waals surface area contributed by atoms with E-state index in [1.807, 2.05) is 23.1 Å². The molecule has 0 radical (unpaired) electrons. The smallest absolute Gasteiger partial charge is 0.233 e. The van der Waals surface area contributed by atoms with Gasteiger partial charge in [0.25, 0.3) is 0 Å². The van der Waals surface area contributed by atoms with Gasteiger partial charge in [-0.2, -0.15) is 0 Å². The molecule has 128 valence electrons. The summed E-state index contributed by atoms with van der Waals surface area (Å²) in [5, 5.41) is 11.9. The highest BCUT2D eigenvalue weighted by Crippen LogP contribution is 2.42. The first-order valence-corrected chi connectivity index (χ1v) is 8.46. The average molecular weight is 361 g/mol. The number of benzene rings is 1. The zero-order valence-corrected chi connectivity index (χ0v) is 14.3. The second-order valence-corrected chi connectivity index (χ2v) is 6.26. The van der Waals surface area contributed by atoms with Crippen LogP contribution in [0.5, 0.6) is 11.5 Å². The molecule has 0 aromatic heterocycles. The number of nitrogens with one attached hydrogen (secondary N) is 1. The maximum absolute atomic E-state index is 12.1. The predicted octanol–water partition coefficient (Wildman–Crippen LogP) is 1.38. The monoisotopic (exact) mass is 360 g/mol. The van der Waals surface area contributed by atoms with Crippen molar-refractivity contribution in [1.29, 1.82) is 0 Å². The molecule has 1 amide bonds. The Morgan fingerprint density at radius 3 is 2.96 bits per heavy atom. The molecule has 0 saturated carbocycles. The number of carbonyl (C=O) groups is 1. The molecule has 0 bridgehead atoms. The third kappa shape index (κ3) is 4.23. The van der Waals surface area contributed by atoms with Crippen molar-refractivity contribution < 1.29 is 19.4 Å². The number of hydrogen-bond donors (Lipinski definition) is 2. The van der Waals surface area contributed by atoms with E-state index in [0.717, 1.165) is 30.0 Å². The molecule has 2 N–H and O–H groups in total. The van der Waals surface area contributed by atoms with Crippen molar-refractivity contribution in [2.24, 2.45) is 0 Å². The summed E-state index contributed by atoms with van der Waals surface area (Å²) in [5.41, 5.74) is 1.07. The average Bonchev–Trinajstić information content (AvgIpc) is 3.13. The van der Waals surface area contributed by atoms with Gasteiger partial charge in [-0.1, -0.05) is 6.07 Å². The molecular formula is C15H21ClN2O4S. The van der Waals surface area contributed by atoms with Gasteiger partial charge in [0, 0.05) is 13.1 Å². The van der Waals surface area contributed by atoms with E-state index in [0.29, 0.717) is 18.8 Å². The number of thioether (sulfide) groups is 1. The number of hydrogen-bond acceptors (Lipinski definition) is 6. The summed E-state index contributed by atoms with van der Waals surface area (Å²) in [4.78, 5) is 14.0. The zero-order valence-electron chi connectivity index (χ0n) is 12.7. The zero-order chi connectivity index (χ0) is 15.4. The van der Waals surface area contributed by atoms with Gasteiger partial charge in [-0.15, -0.1) is 24.2 Å². The maximum atomic E-state index is 12.1. The van der Waals surface area contributed by atoms with Gasteiger partial charge in [-0.25, -0.2) is 0 Å². The third-order valence-electron chi connectivity index (χ3n) is 3.69. The highest BCUT2D eigenvalue weighted by Gasteiger charge is 2.33. The quantitative estimate of drug-likeness (QED) is 0.716. The van der Waals surface area contributed by atoms with E-state index in [2.05, 4.69) is 5.32 Å². The van der Waals surface area contributed by atoms with Gasteiger partial charge in [0.15, 0.2) is 11.5 Å². The molecule has 1 fully saturated rings.